The van der Waals surface area contributed by atoms with Crippen molar-refractivity contribution in [2.24, 2.45) is 0 Å². The van der Waals surface area contributed by atoms with Crippen molar-refractivity contribution in [1.29, 1.82) is 0 Å². The lowest BCUT2D eigenvalue weighted by Gasteiger charge is -2.07. The molecule has 0 radical (unpaired) electrons. The second kappa shape index (κ2) is 9.64. The molecule has 2 heterocycles. The first kappa shape index (κ1) is 21.5. The minimum atomic E-state index is -0.134. The Labute approximate surface area is 193 Å². The van der Waals surface area contributed by atoms with Gasteiger partial charge in [-0.3, -0.25) is 4.79 Å². The summed E-state index contributed by atoms with van der Waals surface area (Å²) < 4.78 is 1.97. The van der Waals surface area contributed by atoms with E-state index in [1.165, 1.54) is 28.7 Å². The Kier molecular flexibility index (Phi) is 6.70. The Balaban J connectivity index is 1.40. The molecule has 1 N–H and O–H groups in total. The summed E-state index contributed by atoms with van der Waals surface area (Å²) in [5.41, 5.74) is 3.97. The van der Waals surface area contributed by atoms with Gasteiger partial charge in [0.2, 0.25) is 5.91 Å². The number of rotatable bonds is 7. The Bertz CT molecular complexity index is 1200. The molecule has 0 bridgehead atoms. The van der Waals surface area contributed by atoms with Crippen molar-refractivity contribution < 1.29 is 4.79 Å². The number of nitrogens with one attached hydrogen (secondary N) is 1. The van der Waals surface area contributed by atoms with Crippen molar-refractivity contribution in [3.8, 4) is 22.6 Å². The summed E-state index contributed by atoms with van der Waals surface area (Å²) in [7, 11) is 0. The Morgan fingerprint density at radius 1 is 1.16 bits per heavy atom. The molecule has 9 heteroatoms. The van der Waals surface area contributed by atoms with Crippen LogP contribution in [0.3, 0.4) is 0 Å². The van der Waals surface area contributed by atoms with Gasteiger partial charge >= 0.3 is 0 Å². The van der Waals surface area contributed by atoms with Crippen LogP contribution in [0.15, 0.2) is 59.1 Å². The number of nitrogens with zero attached hydrogens (tertiary/aromatic N) is 4. The lowest BCUT2D eigenvalue weighted by molar-refractivity contribution is -0.113. The first-order valence-corrected chi connectivity index (χ1v) is 11.9. The number of carbonyl (C=O) groups excluding carboxylic acids is 1. The maximum absolute atomic E-state index is 12.5. The third kappa shape index (κ3) is 5.15. The number of hydrogen-bond acceptors (Lipinski definition) is 6. The number of amides is 1. The molecule has 0 unspecified atom stereocenters. The van der Waals surface area contributed by atoms with Gasteiger partial charge < -0.3 is 9.88 Å². The van der Waals surface area contributed by atoms with Crippen LogP contribution in [0.25, 0.3) is 22.6 Å². The van der Waals surface area contributed by atoms with E-state index in [0.717, 1.165) is 22.6 Å². The number of hydrogen-bond donors (Lipinski definition) is 1. The van der Waals surface area contributed by atoms with Crippen molar-refractivity contribution in [3.63, 3.8) is 0 Å². The smallest absolute Gasteiger partial charge is 0.236 e. The molecule has 0 aliphatic carbocycles. The van der Waals surface area contributed by atoms with E-state index >= 15 is 0 Å². The number of aromatic nitrogens is 4. The van der Waals surface area contributed by atoms with Gasteiger partial charge in [0.15, 0.2) is 16.1 Å². The number of anilines is 1. The van der Waals surface area contributed by atoms with Gasteiger partial charge in [-0.05, 0) is 26.0 Å². The largest absolute Gasteiger partial charge is 0.302 e. The van der Waals surface area contributed by atoms with Crippen molar-refractivity contribution in [1.82, 2.24) is 19.7 Å². The highest BCUT2D eigenvalue weighted by Crippen LogP contribution is 2.27. The first-order valence-electron chi connectivity index (χ1n) is 9.68. The van der Waals surface area contributed by atoms with E-state index in [9.17, 15) is 4.79 Å². The van der Waals surface area contributed by atoms with E-state index in [4.69, 9.17) is 11.6 Å². The van der Waals surface area contributed by atoms with Gasteiger partial charge in [0.1, 0.15) is 0 Å². The van der Waals surface area contributed by atoms with Gasteiger partial charge in [0.05, 0.1) is 11.4 Å². The molecule has 2 aromatic carbocycles. The molecule has 0 aliphatic heterocycles. The Morgan fingerprint density at radius 3 is 2.71 bits per heavy atom. The van der Waals surface area contributed by atoms with Gasteiger partial charge in [-0.15, -0.1) is 21.5 Å². The van der Waals surface area contributed by atoms with E-state index in [1.807, 2.05) is 72.3 Å². The normalized spacial score (nSPS) is 10.9. The average Bonchev–Trinajstić information content (AvgIpc) is 3.39. The third-order valence-corrected chi connectivity index (χ3v) is 6.51. The van der Waals surface area contributed by atoms with E-state index in [-0.39, 0.29) is 11.7 Å². The molecule has 1 amide bonds. The van der Waals surface area contributed by atoms with Crippen molar-refractivity contribution in [2.75, 3.05) is 11.1 Å². The summed E-state index contributed by atoms with van der Waals surface area (Å²) in [4.78, 5) is 17.0. The summed E-state index contributed by atoms with van der Waals surface area (Å²) in [6, 6.07) is 15.6. The summed E-state index contributed by atoms with van der Waals surface area (Å²) >= 11 is 8.86. The Morgan fingerprint density at radius 2 is 1.97 bits per heavy atom. The SMILES string of the molecule is CCn1c(SCC(=O)Nc2nc(-c3ccc(C)cc3)cs2)nnc1-c1cccc(Cl)c1. The summed E-state index contributed by atoms with van der Waals surface area (Å²) in [5, 5.41) is 15.3. The van der Waals surface area contributed by atoms with Crippen LogP contribution < -0.4 is 5.32 Å². The number of halogens is 1. The topological polar surface area (TPSA) is 72.7 Å². The molecule has 0 aliphatic rings. The molecule has 0 atom stereocenters. The van der Waals surface area contributed by atoms with Crippen LogP contribution in [-0.2, 0) is 11.3 Å². The average molecular weight is 470 g/mol. The third-order valence-electron chi connectivity index (χ3n) is 4.55. The van der Waals surface area contributed by atoms with Crippen LogP contribution in [0, 0.1) is 6.92 Å². The van der Waals surface area contributed by atoms with Crippen molar-refractivity contribution >= 4 is 45.7 Å². The predicted octanol–water partition coefficient (Wildman–Crippen LogP) is 5.78. The number of thiazole rings is 1. The number of carbonyl (C=O) groups is 1. The van der Waals surface area contributed by atoms with E-state index < -0.39 is 0 Å². The van der Waals surface area contributed by atoms with Crippen molar-refractivity contribution in [2.45, 2.75) is 25.5 Å². The lowest BCUT2D eigenvalue weighted by Crippen LogP contribution is -2.14. The number of benzene rings is 2. The zero-order valence-corrected chi connectivity index (χ0v) is 19.4. The molecule has 31 heavy (non-hydrogen) atoms. The van der Waals surface area contributed by atoms with Gasteiger partial charge in [-0.1, -0.05) is 65.3 Å². The van der Waals surface area contributed by atoms with Crippen LogP contribution in [0.1, 0.15) is 12.5 Å². The lowest BCUT2D eigenvalue weighted by atomic mass is 10.1. The zero-order chi connectivity index (χ0) is 21.8. The van der Waals surface area contributed by atoms with Crippen LogP contribution in [0.4, 0.5) is 5.13 Å². The molecular weight excluding hydrogens is 450 g/mol. The first-order chi connectivity index (χ1) is 15.0. The molecule has 6 nitrogen and oxygen atoms in total. The van der Waals surface area contributed by atoms with Gasteiger partial charge in [-0.2, -0.15) is 0 Å². The van der Waals surface area contributed by atoms with Crippen LogP contribution in [0.5, 0.6) is 0 Å². The molecule has 0 fully saturated rings. The maximum atomic E-state index is 12.5. The molecule has 0 saturated carbocycles. The second-order valence-electron chi connectivity index (χ2n) is 6.80. The Hall–Kier alpha value is -2.68. The molecule has 158 valence electrons. The van der Waals surface area contributed by atoms with Crippen LogP contribution in [0.2, 0.25) is 5.02 Å². The summed E-state index contributed by atoms with van der Waals surface area (Å²) in [5.74, 6) is 0.813. The molecule has 0 spiro atoms. The van der Waals surface area contributed by atoms with Crippen molar-refractivity contribution in [3.05, 3.63) is 64.5 Å². The quantitative estimate of drug-likeness (QED) is 0.347. The highest BCUT2D eigenvalue weighted by atomic mass is 35.5. The monoisotopic (exact) mass is 469 g/mol. The zero-order valence-electron chi connectivity index (χ0n) is 17.0. The van der Waals surface area contributed by atoms with Crippen LogP contribution in [-0.4, -0.2) is 31.4 Å². The fourth-order valence-corrected chi connectivity index (χ4v) is 4.72. The highest BCUT2D eigenvalue weighted by Gasteiger charge is 2.15. The summed E-state index contributed by atoms with van der Waals surface area (Å²) in [6.45, 7) is 4.75. The predicted molar refractivity (Wildman–Crippen MR) is 128 cm³/mol. The second-order valence-corrected chi connectivity index (χ2v) is 9.04. The molecule has 4 rings (SSSR count). The molecule has 2 aromatic heterocycles. The fraction of sp³-hybridized carbons (Fsp3) is 0.182. The number of thioether (sulfide) groups is 1. The van der Waals surface area contributed by atoms with Gasteiger partial charge in [0, 0.05) is 28.1 Å². The minimum absolute atomic E-state index is 0.134. The fourth-order valence-electron chi connectivity index (χ4n) is 3.00. The maximum Gasteiger partial charge on any atom is 0.236 e. The molecular formula is C22H20ClN5OS2. The standard InChI is InChI=1S/C22H20ClN5OS2/c1-3-28-20(16-5-4-6-17(23)11-16)26-27-22(28)31-13-19(29)25-21-24-18(12-30-21)15-9-7-14(2)8-10-15/h4-12H,3,13H2,1-2H3,(H,24,25,29). The molecule has 0 saturated heterocycles. The van der Waals surface area contributed by atoms with Gasteiger partial charge in [0.25, 0.3) is 0 Å². The number of aryl methyl sites for hydroxylation is 1. The van der Waals surface area contributed by atoms with E-state index in [0.29, 0.717) is 21.9 Å². The summed E-state index contributed by atoms with van der Waals surface area (Å²) in [6.07, 6.45) is 0. The van der Waals surface area contributed by atoms with E-state index in [1.54, 1.807) is 0 Å². The highest BCUT2D eigenvalue weighted by molar-refractivity contribution is 7.99. The van der Waals surface area contributed by atoms with Crippen LogP contribution >= 0.6 is 34.7 Å². The minimum Gasteiger partial charge on any atom is -0.302 e. The van der Waals surface area contributed by atoms with E-state index in [2.05, 4.69) is 20.5 Å². The molecule has 4 aromatic rings. The van der Waals surface area contributed by atoms with Gasteiger partial charge in [-0.25, -0.2) is 4.98 Å².